The van der Waals surface area contributed by atoms with E-state index in [1.54, 1.807) is 16.2 Å². The lowest BCUT2D eigenvalue weighted by atomic mass is 10.2. The van der Waals surface area contributed by atoms with Crippen molar-refractivity contribution < 1.29 is 19.1 Å². The SMILES string of the molecule is COC(=O)CCc1nc2c(s1)CN(C(=O)OC(C)(C)C)CC2. The van der Waals surface area contributed by atoms with E-state index < -0.39 is 5.60 Å². The number of amides is 1. The van der Waals surface area contributed by atoms with E-state index in [0.717, 1.165) is 22.0 Å². The largest absolute Gasteiger partial charge is 0.469 e. The lowest BCUT2D eigenvalue weighted by molar-refractivity contribution is -0.140. The van der Waals surface area contributed by atoms with E-state index in [2.05, 4.69) is 9.72 Å². The smallest absolute Gasteiger partial charge is 0.410 e. The van der Waals surface area contributed by atoms with Crippen LogP contribution >= 0.6 is 11.3 Å². The highest BCUT2D eigenvalue weighted by molar-refractivity contribution is 7.11. The molecule has 6 nitrogen and oxygen atoms in total. The number of aromatic nitrogens is 1. The van der Waals surface area contributed by atoms with Gasteiger partial charge in [0.05, 0.1) is 30.8 Å². The summed E-state index contributed by atoms with van der Waals surface area (Å²) in [5, 5.41) is 0.918. The maximum absolute atomic E-state index is 12.1. The van der Waals surface area contributed by atoms with Gasteiger partial charge in [0.25, 0.3) is 0 Å². The Balaban J connectivity index is 1.97. The van der Waals surface area contributed by atoms with Crippen LogP contribution in [0.15, 0.2) is 0 Å². The summed E-state index contributed by atoms with van der Waals surface area (Å²) in [6, 6.07) is 0. The maximum Gasteiger partial charge on any atom is 0.410 e. The molecule has 0 radical (unpaired) electrons. The summed E-state index contributed by atoms with van der Waals surface area (Å²) < 4.78 is 10.0. The average Bonchev–Trinajstić information content (AvgIpc) is 2.84. The zero-order chi connectivity index (χ0) is 16.3. The fourth-order valence-electron chi connectivity index (χ4n) is 2.15. The van der Waals surface area contributed by atoms with Crippen LogP contribution in [0.25, 0.3) is 0 Å². The van der Waals surface area contributed by atoms with Gasteiger partial charge >= 0.3 is 12.1 Å². The quantitative estimate of drug-likeness (QED) is 0.799. The Labute approximate surface area is 134 Å². The van der Waals surface area contributed by atoms with Crippen molar-refractivity contribution in [3.8, 4) is 0 Å². The van der Waals surface area contributed by atoms with Crippen molar-refractivity contribution in [1.82, 2.24) is 9.88 Å². The van der Waals surface area contributed by atoms with Gasteiger partial charge in [-0.25, -0.2) is 9.78 Å². The van der Waals surface area contributed by atoms with Gasteiger partial charge in [-0.2, -0.15) is 0 Å². The summed E-state index contributed by atoms with van der Waals surface area (Å²) in [5.41, 5.74) is 0.543. The van der Waals surface area contributed by atoms with Crippen molar-refractivity contribution in [1.29, 1.82) is 0 Å². The molecule has 122 valence electrons. The summed E-state index contributed by atoms with van der Waals surface area (Å²) >= 11 is 1.56. The van der Waals surface area contributed by atoms with Crippen molar-refractivity contribution in [2.24, 2.45) is 0 Å². The van der Waals surface area contributed by atoms with E-state index >= 15 is 0 Å². The number of aryl methyl sites for hydroxylation is 1. The monoisotopic (exact) mass is 326 g/mol. The number of carbonyl (C=O) groups is 2. The van der Waals surface area contributed by atoms with Crippen LogP contribution in [0.3, 0.4) is 0 Å². The first-order valence-electron chi connectivity index (χ1n) is 7.30. The van der Waals surface area contributed by atoms with E-state index in [9.17, 15) is 9.59 Å². The second-order valence-corrected chi connectivity index (χ2v) is 7.37. The van der Waals surface area contributed by atoms with Crippen LogP contribution in [0.2, 0.25) is 0 Å². The molecule has 0 fully saturated rings. The van der Waals surface area contributed by atoms with Gasteiger partial charge in [0, 0.05) is 24.3 Å². The third-order valence-corrected chi connectivity index (χ3v) is 4.34. The van der Waals surface area contributed by atoms with Crippen LogP contribution in [0.4, 0.5) is 4.79 Å². The van der Waals surface area contributed by atoms with Crippen LogP contribution in [0, 0.1) is 0 Å². The van der Waals surface area contributed by atoms with E-state index in [1.807, 2.05) is 20.8 Å². The Hall–Kier alpha value is -1.63. The zero-order valence-corrected chi connectivity index (χ0v) is 14.3. The average molecular weight is 326 g/mol. The molecule has 0 spiro atoms. The lowest BCUT2D eigenvalue weighted by Crippen LogP contribution is -2.39. The van der Waals surface area contributed by atoms with Crippen molar-refractivity contribution >= 4 is 23.4 Å². The molecule has 0 aromatic carbocycles. The number of esters is 1. The summed E-state index contributed by atoms with van der Waals surface area (Å²) in [6.07, 6.45) is 1.35. The molecule has 0 aliphatic carbocycles. The molecule has 1 aromatic heterocycles. The maximum atomic E-state index is 12.1. The highest BCUT2D eigenvalue weighted by Crippen LogP contribution is 2.27. The predicted octanol–water partition coefficient (Wildman–Crippen LogP) is 2.54. The first-order chi connectivity index (χ1) is 10.3. The van der Waals surface area contributed by atoms with E-state index in [1.165, 1.54) is 7.11 Å². The molecule has 0 N–H and O–H groups in total. The molecular weight excluding hydrogens is 304 g/mol. The topological polar surface area (TPSA) is 68.7 Å². The minimum absolute atomic E-state index is 0.233. The predicted molar refractivity (Wildman–Crippen MR) is 82.8 cm³/mol. The standard InChI is InChI=1S/C15H22N2O4S/c1-15(2,3)21-14(19)17-8-7-10-11(9-17)22-12(16-10)5-6-13(18)20-4/h5-9H2,1-4H3. The minimum atomic E-state index is -0.489. The molecule has 7 heteroatoms. The summed E-state index contributed by atoms with van der Waals surface area (Å²) in [5.74, 6) is -0.233. The van der Waals surface area contributed by atoms with Crippen LogP contribution in [0.1, 0.15) is 42.8 Å². The number of methoxy groups -OCH3 is 1. The highest BCUT2D eigenvalue weighted by atomic mass is 32.1. The number of ether oxygens (including phenoxy) is 2. The molecule has 0 unspecified atom stereocenters. The molecule has 0 saturated carbocycles. The Morgan fingerprint density at radius 3 is 2.73 bits per heavy atom. The van der Waals surface area contributed by atoms with Gasteiger partial charge in [-0.15, -0.1) is 11.3 Å². The van der Waals surface area contributed by atoms with Crippen molar-refractivity contribution in [3.05, 3.63) is 15.6 Å². The third-order valence-electron chi connectivity index (χ3n) is 3.20. The lowest BCUT2D eigenvalue weighted by Gasteiger charge is -2.29. The molecule has 0 bridgehead atoms. The molecular formula is C15H22N2O4S. The number of fused-ring (bicyclic) bond motifs is 1. The van der Waals surface area contributed by atoms with E-state index in [-0.39, 0.29) is 12.1 Å². The van der Waals surface area contributed by atoms with Crippen molar-refractivity contribution in [2.75, 3.05) is 13.7 Å². The molecule has 2 heterocycles. The number of thiazole rings is 1. The van der Waals surface area contributed by atoms with Gasteiger partial charge in [0.15, 0.2) is 0 Å². The highest BCUT2D eigenvalue weighted by Gasteiger charge is 2.27. The fourth-order valence-corrected chi connectivity index (χ4v) is 3.28. The van der Waals surface area contributed by atoms with Crippen LogP contribution in [0.5, 0.6) is 0 Å². The van der Waals surface area contributed by atoms with Crippen LogP contribution < -0.4 is 0 Å². The number of nitrogens with zero attached hydrogens (tertiary/aromatic N) is 2. The summed E-state index contributed by atoms with van der Waals surface area (Å²) in [7, 11) is 1.38. The first-order valence-corrected chi connectivity index (χ1v) is 8.12. The number of hydrogen-bond acceptors (Lipinski definition) is 6. The molecule has 22 heavy (non-hydrogen) atoms. The first kappa shape index (κ1) is 16.7. The number of carbonyl (C=O) groups excluding carboxylic acids is 2. The van der Waals surface area contributed by atoms with Gasteiger partial charge in [-0.05, 0) is 20.8 Å². The van der Waals surface area contributed by atoms with Gasteiger partial charge in [-0.1, -0.05) is 0 Å². The van der Waals surface area contributed by atoms with Crippen LogP contribution in [-0.2, 0) is 33.7 Å². The normalized spacial score (nSPS) is 14.5. The second-order valence-electron chi connectivity index (χ2n) is 6.21. The third kappa shape index (κ3) is 4.43. The van der Waals surface area contributed by atoms with Crippen molar-refractivity contribution in [3.63, 3.8) is 0 Å². The zero-order valence-electron chi connectivity index (χ0n) is 13.5. The molecule has 1 amide bonds. The Morgan fingerprint density at radius 1 is 1.36 bits per heavy atom. The molecule has 0 atom stereocenters. The van der Waals surface area contributed by atoms with Crippen LogP contribution in [-0.4, -0.2) is 41.2 Å². The molecule has 1 aliphatic rings. The van der Waals surface area contributed by atoms with Gasteiger partial charge in [-0.3, -0.25) is 4.79 Å². The fraction of sp³-hybridized carbons (Fsp3) is 0.667. The Morgan fingerprint density at radius 2 is 2.09 bits per heavy atom. The molecule has 1 aromatic rings. The number of rotatable bonds is 3. The molecule has 2 rings (SSSR count). The second kappa shape index (κ2) is 6.64. The summed E-state index contributed by atoms with van der Waals surface area (Å²) in [6.45, 7) is 6.72. The van der Waals surface area contributed by atoms with Crippen molar-refractivity contribution in [2.45, 2.75) is 52.2 Å². The molecule has 1 aliphatic heterocycles. The molecule has 0 saturated heterocycles. The van der Waals surface area contributed by atoms with Gasteiger partial charge in [0.1, 0.15) is 5.60 Å². The minimum Gasteiger partial charge on any atom is -0.469 e. The van der Waals surface area contributed by atoms with Gasteiger partial charge < -0.3 is 14.4 Å². The Kier molecular flexibility index (Phi) is 5.05. The Bertz CT molecular complexity index is 562. The van der Waals surface area contributed by atoms with E-state index in [4.69, 9.17) is 4.74 Å². The van der Waals surface area contributed by atoms with Gasteiger partial charge in [0.2, 0.25) is 0 Å². The van der Waals surface area contributed by atoms with E-state index in [0.29, 0.717) is 25.9 Å². The number of hydrogen-bond donors (Lipinski definition) is 0. The summed E-state index contributed by atoms with van der Waals surface area (Å²) in [4.78, 5) is 30.6.